The molecule has 1 aromatic carbocycles. The summed E-state index contributed by atoms with van der Waals surface area (Å²) < 4.78 is 5.24. The van der Waals surface area contributed by atoms with Gasteiger partial charge in [-0.3, -0.25) is 14.9 Å². The Labute approximate surface area is 123 Å². The maximum atomic E-state index is 11.7. The van der Waals surface area contributed by atoms with Crippen LogP contribution in [0.25, 0.3) is 0 Å². The van der Waals surface area contributed by atoms with Crippen LogP contribution in [0.4, 0.5) is 5.69 Å². The predicted molar refractivity (Wildman–Crippen MR) is 77.1 cm³/mol. The van der Waals surface area contributed by atoms with Gasteiger partial charge in [-0.1, -0.05) is 13.8 Å². The lowest BCUT2D eigenvalue weighted by atomic mass is 10.0. The van der Waals surface area contributed by atoms with E-state index in [4.69, 9.17) is 4.74 Å². The van der Waals surface area contributed by atoms with Crippen molar-refractivity contribution in [2.24, 2.45) is 5.92 Å². The second-order valence-corrected chi connectivity index (χ2v) is 5.12. The van der Waals surface area contributed by atoms with E-state index in [1.165, 1.54) is 24.3 Å². The van der Waals surface area contributed by atoms with Crippen LogP contribution in [-0.2, 0) is 4.79 Å². The molecule has 1 rings (SSSR count). The fourth-order valence-corrected chi connectivity index (χ4v) is 1.83. The van der Waals surface area contributed by atoms with E-state index >= 15 is 0 Å². The van der Waals surface area contributed by atoms with Crippen LogP contribution in [0.3, 0.4) is 0 Å². The summed E-state index contributed by atoms with van der Waals surface area (Å²) in [5, 5.41) is 22.3. The Morgan fingerprint density at radius 3 is 2.48 bits per heavy atom. The van der Waals surface area contributed by atoms with Gasteiger partial charge >= 0.3 is 0 Å². The van der Waals surface area contributed by atoms with E-state index in [1.54, 1.807) is 0 Å². The molecule has 0 aliphatic carbocycles. The second kappa shape index (κ2) is 8.21. The van der Waals surface area contributed by atoms with Gasteiger partial charge in [0.05, 0.1) is 17.6 Å². The molecule has 7 nitrogen and oxygen atoms in total. The molecule has 21 heavy (non-hydrogen) atoms. The van der Waals surface area contributed by atoms with Gasteiger partial charge in [-0.2, -0.15) is 0 Å². The zero-order chi connectivity index (χ0) is 15.8. The zero-order valence-electron chi connectivity index (χ0n) is 12.1. The van der Waals surface area contributed by atoms with Crippen LogP contribution in [0.5, 0.6) is 5.75 Å². The molecule has 116 valence electrons. The number of aliphatic hydroxyl groups excluding tert-OH is 1. The van der Waals surface area contributed by atoms with Gasteiger partial charge in [-0.15, -0.1) is 0 Å². The average Bonchev–Trinajstić information content (AvgIpc) is 2.44. The van der Waals surface area contributed by atoms with Crippen molar-refractivity contribution in [3.63, 3.8) is 0 Å². The van der Waals surface area contributed by atoms with Crippen molar-refractivity contribution < 1.29 is 19.6 Å². The summed E-state index contributed by atoms with van der Waals surface area (Å²) in [5.74, 6) is 0.395. The highest BCUT2D eigenvalue weighted by molar-refractivity contribution is 5.77. The molecule has 2 N–H and O–H groups in total. The molecule has 0 aromatic heterocycles. The molecule has 0 fully saturated rings. The first-order chi connectivity index (χ1) is 9.92. The molecule has 1 unspecified atom stereocenters. The minimum atomic E-state index is -0.506. The number of carbonyl (C=O) groups is 1. The lowest BCUT2D eigenvalue weighted by Gasteiger charge is -2.18. The molecule has 1 atom stereocenters. The number of nitrogens with zero attached hydrogens (tertiary/aromatic N) is 1. The Hall–Kier alpha value is -2.15. The maximum absolute atomic E-state index is 11.7. The molecule has 7 heteroatoms. The van der Waals surface area contributed by atoms with Gasteiger partial charge in [0.2, 0.25) is 0 Å². The first-order valence-corrected chi connectivity index (χ1v) is 6.69. The number of rotatable bonds is 8. The minimum absolute atomic E-state index is 0.0379. The lowest BCUT2D eigenvalue weighted by Crippen LogP contribution is -2.40. The number of nitro benzene ring substituents is 1. The smallest absolute Gasteiger partial charge is 0.269 e. The summed E-state index contributed by atoms with van der Waals surface area (Å²) in [5.41, 5.74) is -0.0379. The summed E-state index contributed by atoms with van der Waals surface area (Å²) in [6.45, 7) is 3.68. The van der Waals surface area contributed by atoms with Gasteiger partial charge in [0.1, 0.15) is 5.75 Å². The van der Waals surface area contributed by atoms with Gasteiger partial charge in [0, 0.05) is 12.1 Å². The Balaban J connectivity index is 2.43. The Morgan fingerprint density at radius 1 is 1.38 bits per heavy atom. The highest BCUT2D eigenvalue weighted by Crippen LogP contribution is 2.17. The average molecular weight is 296 g/mol. The zero-order valence-corrected chi connectivity index (χ0v) is 12.1. The summed E-state index contributed by atoms with van der Waals surface area (Å²) in [6, 6.07) is 5.19. The fourth-order valence-electron chi connectivity index (χ4n) is 1.83. The summed E-state index contributed by atoms with van der Waals surface area (Å²) >= 11 is 0. The molecule has 0 aliphatic rings. The molecule has 1 amide bonds. The third-order valence-corrected chi connectivity index (χ3v) is 2.76. The van der Waals surface area contributed by atoms with E-state index in [9.17, 15) is 20.0 Å². The molecule has 0 saturated heterocycles. The SMILES string of the molecule is CC(C)CC(CO)NC(=O)COc1ccc([N+](=O)[O-])cc1. The topological polar surface area (TPSA) is 102 Å². The van der Waals surface area contributed by atoms with Gasteiger partial charge in [-0.25, -0.2) is 0 Å². The number of carbonyl (C=O) groups excluding carboxylic acids is 1. The second-order valence-electron chi connectivity index (χ2n) is 5.12. The molecular formula is C14H20N2O5. The molecule has 1 aromatic rings. The van der Waals surface area contributed by atoms with E-state index in [1.807, 2.05) is 13.8 Å². The number of ether oxygens (including phenoxy) is 1. The van der Waals surface area contributed by atoms with Gasteiger partial charge < -0.3 is 15.2 Å². The van der Waals surface area contributed by atoms with Crippen LogP contribution in [0.15, 0.2) is 24.3 Å². The van der Waals surface area contributed by atoms with Crippen LogP contribution in [0.2, 0.25) is 0 Å². The standard InChI is InChI=1S/C14H20N2O5/c1-10(2)7-11(8-17)15-14(18)9-21-13-5-3-12(4-6-13)16(19)20/h3-6,10-11,17H,7-9H2,1-2H3,(H,15,18). The van der Waals surface area contributed by atoms with Crippen molar-refractivity contribution in [1.82, 2.24) is 5.32 Å². The molecular weight excluding hydrogens is 276 g/mol. The molecule has 0 bridgehead atoms. The number of nitrogens with one attached hydrogen (secondary N) is 1. The van der Waals surface area contributed by atoms with Gasteiger partial charge in [0.25, 0.3) is 11.6 Å². The molecule has 0 aliphatic heterocycles. The van der Waals surface area contributed by atoms with Crippen molar-refractivity contribution in [2.75, 3.05) is 13.2 Å². The van der Waals surface area contributed by atoms with Gasteiger partial charge in [0.15, 0.2) is 6.61 Å². The monoisotopic (exact) mass is 296 g/mol. The molecule has 0 saturated carbocycles. The van der Waals surface area contributed by atoms with E-state index < -0.39 is 4.92 Å². The normalized spacial score (nSPS) is 12.0. The van der Waals surface area contributed by atoms with Gasteiger partial charge in [-0.05, 0) is 24.5 Å². The largest absolute Gasteiger partial charge is 0.484 e. The van der Waals surface area contributed by atoms with Crippen LogP contribution < -0.4 is 10.1 Å². The number of aliphatic hydroxyl groups is 1. The fraction of sp³-hybridized carbons (Fsp3) is 0.500. The van der Waals surface area contributed by atoms with Crippen LogP contribution in [0, 0.1) is 16.0 Å². The molecule has 0 spiro atoms. The van der Waals surface area contributed by atoms with Crippen LogP contribution >= 0.6 is 0 Å². The number of non-ortho nitro benzene ring substituents is 1. The van der Waals surface area contributed by atoms with E-state index in [0.717, 1.165) is 0 Å². The number of amides is 1. The van der Waals surface area contributed by atoms with Crippen molar-refractivity contribution in [2.45, 2.75) is 26.3 Å². The molecule has 0 heterocycles. The number of nitro groups is 1. The van der Waals surface area contributed by atoms with E-state index in [2.05, 4.69) is 5.32 Å². The first kappa shape index (κ1) is 16.9. The first-order valence-electron chi connectivity index (χ1n) is 6.69. The van der Waals surface area contributed by atoms with E-state index in [-0.39, 0.29) is 30.9 Å². The number of benzene rings is 1. The number of hydrogen-bond acceptors (Lipinski definition) is 5. The van der Waals surface area contributed by atoms with Crippen molar-refractivity contribution >= 4 is 11.6 Å². The summed E-state index contributed by atoms with van der Waals surface area (Å²) in [4.78, 5) is 21.7. The third-order valence-electron chi connectivity index (χ3n) is 2.76. The highest BCUT2D eigenvalue weighted by atomic mass is 16.6. The highest BCUT2D eigenvalue weighted by Gasteiger charge is 2.13. The molecule has 0 radical (unpaired) electrons. The minimum Gasteiger partial charge on any atom is -0.484 e. The van der Waals surface area contributed by atoms with Crippen molar-refractivity contribution in [3.05, 3.63) is 34.4 Å². The Bertz CT molecular complexity index is 473. The summed E-state index contributed by atoms with van der Waals surface area (Å²) in [7, 11) is 0. The summed E-state index contributed by atoms with van der Waals surface area (Å²) in [6.07, 6.45) is 0.680. The van der Waals surface area contributed by atoms with Crippen LogP contribution in [-0.4, -0.2) is 35.2 Å². The van der Waals surface area contributed by atoms with Crippen molar-refractivity contribution in [3.8, 4) is 5.75 Å². The maximum Gasteiger partial charge on any atom is 0.269 e. The Morgan fingerprint density at radius 2 is 2.00 bits per heavy atom. The quantitative estimate of drug-likeness (QED) is 0.559. The lowest BCUT2D eigenvalue weighted by molar-refractivity contribution is -0.384. The number of hydrogen-bond donors (Lipinski definition) is 2. The van der Waals surface area contributed by atoms with Crippen LogP contribution in [0.1, 0.15) is 20.3 Å². The van der Waals surface area contributed by atoms with Crippen molar-refractivity contribution in [1.29, 1.82) is 0 Å². The third kappa shape index (κ3) is 6.22. The Kier molecular flexibility index (Phi) is 6.61. The van der Waals surface area contributed by atoms with E-state index in [0.29, 0.717) is 18.1 Å². The predicted octanol–water partition coefficient (Wildman–Crippen LogP) is 1.50.